The average Bonchev–Trinajstić information content (AvgIpc) is 3.25. The molecule has 0 aliphatic carbocycles. The minimum absolute atomic E-state index is 0.157. The van der Waals surface area contributed by atoms with Gasteiger partial charge >= 0.3 is 12.2 Å². The van der Waals surface area contributed by atoms with Gasteiger partial charge < -0.3 is 19.7 Å². The van der Waals surface area contributed by atoms with Gasteiger partial charge in [0.2, 0.25) is 0 Å². The van der Waals surface area contributed by atoms with Crippen molar-refractivity contribution in [3.8, 4) is 0 Å². The van der Waals surface area contributed by atoms with Crippen molar-refractivity contribution in [2.24, 2.45) is 0 Å². The molecule has 4 rings (SSSR count). The Bertz CT molecular complexity index is 1440. The number of ether oxygens (including phenoxy) is 2. The molecule has 0 fully saturated rings. The molecule has 0 unspecified atom stereocenters. The molecule has 1 N–H and O–H groups in total. The largest absolute Gasteiger partial charge is 0.449 e. The highest BCUT2D eigenvalue weighted by atomic mass is 16.6. The summed E-state index contributed by atoms with van der Waals surface area (Å²) < 4.78 is 10.8. The van der Waals surface area contributed by atoms with Gasteiger partial charge in [-0.05, 0) is 63.4 Å². The van der Waals surface area contributed by atoms with Crippen LogP contribution in [0, 0.1) is 0 Å². The molecule has 0 spiro atoms. The molecule has 8 heteroatoms. The van der Waals surface area contributed by atoms with Crippen LogP contribution in [-0.2, 0) is 20.8 Å². The van der Waals surface area contributed by atoms with Crippen LogP contribution in [0.25, 0.3) is 11.3 Å². The molecule has 0 saturated carbocycles. The van der Waals surface area contributed by atoms with E-state index in [1.165, 1.54) is 0 Å². The summed E-state index contributed by atoms with van der Waals surface area (Å²) in [5, 5.41) is 3.44. The Morgan fingerprint density at radius 2 is 1.57 bits per heavy atom. The summed E-state index contributed by atoms with van der Waals surface area (Å²) in [6, 6.07) is 24.5. The van der Waals surface area contributed by atoms with Crippen LogP contribution in [-0.4, -0.2) is 41.7 Å². The van der Waals surface area contributed by atoms with Crippen LogP contribution in [0.15, 0.2) is 78.9 Å². The molecule has 0 atom stereocenters. The van der Waals surface area contributed by atoms with Crippen molar-refractivity contribution in [2.45, 2.75) is 59.6 Å². The monoisotopic (exact) mass is 569 g/mol. The molecular weight excluding hydrogens is 530 g/mol. The van der Waals surface area contributed by atoms with Gasteiger partial charge in [-0.25, -0.2) is 14.5 Å². The molecule has 8 nitrogen and oxygen atoms in total. The second kappa shape index (κ2) is 13.4. The van der Waals surface area contributed by atoms with Gasteiger partial charge in [0.1, 0.15) is 5.60 Å². The first-order valence-electron chi connectivity index (χ1n) is 14.4. The Hall–Kier alpha value is -4.59. The van der Waals surface area contributed by atoms with E-state index >= 15 is 0 Å². The van der Waals surface area contributed by atoms with Crippen LogP contribution in [0.5, 0.6) is 0 Å². The lowest BCUT2D eigenvalue weighted by Crippen LogP contribution is -2.37. The van der Waals surface area contributed by atoms with Crippen LogP contribution in [0.3, 0.4) is 0 Å². The smallest absolute Gasteiger partial charge is 0.421 e. The first-order chi connectivity index (χ1) is 20.1. The van der Waals surface area contributed by atoms with Crippen LogP contribution in [0.1, 0.15) is 64.2 Å². The number of nitrogens with zero attached hydrogens (tertiary/aromatic N) is 2. The number of unbranched alkanes of at least 4 members (excludes halogenated alkanes) is 1. The first kappa shape index (κ1) is 30.4. The van der Waals surface area contributed by atoms with Gasteiger partial charge in [0.15, 0.2) is 0 Å². The summed E-state index contributed by atoms with van der Waals surface area (Å²) in [5.41, 5.74) is 4.00. The van der Waals surface area contributed by atoms with Gasteiger partial charge in [-0.15, -0.1) is 0 Å². The fourth-order valence-corrected chi connectivity index (χ4v) is 4.68. The van der Waals surface area contributed by atoms with Gasteiger partial charge in [0.05, 0.1) is 23.6 Å². The number of fused-ring (bicyclic) bond motifs is 1. The third kappa shape index (κ3) is 7.18. The molecular formula is C34H39N3O5. The maximum atomic E-state index is 13.8. The summed E-state index contributed by atoms with van der Waals surface area (Å²) in [6.07, 6.45) is 0.804. The maximum absolute atomic E-state index is 13.8. The predicted molar refractivity (Wildman–Crippen MR) is 166 cm³/mol. The number of imide groups is 1. The molecule has 220 valence electrons. The van der Waals surface area contributed by atoms with Crippen molar-refractivity contribution in [3.63, 3.8) is 0 Å². The second-order valence-electron chi connectivity index (χ2n) is 11.1. The number of carbonyl (C=O) groups is 3. The average molecular weight is 570 g/mol. The molecule has 1 aliphatic rings. The number of nitrogens with one attached hydrogen (secondary N) is 1. The highest BCUT2D eigenvalue weighted by Gasteiger charge is 2.39. The van der Waals surface area contributed by atoms with E-state index in [-0.39, 0.29) is 12.7 Å². The van der Waals surface area contributed by atoms with E-state index in [0.29, 0.717) is 35.6 Å². The zero-order valence-corrected chi connectivity index (χ0v) is 25.0. The van der Waals surface area contributed by atoms with Crippen molar-refractivity contribution in [2.75, 3.05) is 23.4 Å². The van der Waals surface area contributed by atoms with Crippen LogP contribution in [0.4, 0.5) is 21.0 Å². The van der Waals surface area contributed by atoms with E-state index < -0.39 is 17.6 Å². The number of rotatable bonds is 9. The van der Waals surface area contributed by atoms with E-state index in [0.717, 1.165) is 34.6 Å². The van der Waals surface area contributed by atoms with E-state index in [2.05, 4.69) is 12.2 Å². The van der Waals surface area contributed by atoms with E-state index in [1.807, 2.05) is 87.5 Å². The molecule has 1 heterocycles. The lowest BCUT2D eigenvalue weighted by molar-refractivity contribution is -0.112. The topological polar surface area (TPSA) is 88.2 Å². The van der Waals surface area contributed by atoms with E-state index in [4.69, 9.17) is 9.47 Å². The lowest BCUT2D eigenvalue weighted by Gasteiger charge is -2.27. The van der Waals surface area contributed by atoms with Crippen molar-refractivity contribution in [1.82, 2.24) is 4.90 Å². The molecule has 0 aromatic heterocycles. The SMILES string of the molecule is CCCCN(Cc1ccc(N/C(=C2\C(=O)N(C(=O)OCC)c3ccccc32)c2ccccc2)cc1)C(=O)OC(C)(C)C. The molecule has 0 bridgehead atoms. The minimum Gasteiger partial charge on any atom is -0.449 e. The quantitative estimate of drug-likeness (QED) is 0.266. The molecule has 1 aliphatic heterocycles. The number of hydrogen-bond donors (Lipinski definition) is 1. The molecule has 42 heavy (non-hydrogen) atoms. The zero-order valence-electron chi connectivity index (χ0n) is 25.0. The molecule has 3 amide bonds. The number of benzene rings is 3. The van der Waals surface area contributed by atoms with Gasteiger partial charge in [-0.2, -0.15) is 0 Å². The molecule has 0 saturated heterocycles. The van der Waals surface area contributed by atoms with Crippen LogP contribution in [0.2, 0.25) is 0 Å². The number of amides is 3. The van der Waals surface area contributed by atoms with Gasteiger partial charge in [0.25, 0.3) is 5.91 Å². The fraction of sp³-hybridized carbons (Fsp3) is 0.324. The van der Waals surface area contributed by atoms with Crippen molar-refractivity contribution in [1.29, 1.82) is 0 Å². The Morgan fingerprint density at radius 3 is 2.21 bits per heavy atom. The summed E-state index contributed by atoms with van der Waals surface area (Å²) in [7, 11) is 0. The lowest BCUT2D eigenvalue weighted by atomic mass is 10.00. The van der Waals surface area contributed by atoms with E-state index in [1.54, 1.807) is 24.0 Å². The third-order valence-electron chi connectivity index (χ3n) is 6.62. The van der Waals surface area contributed by atoms with Crippen molar-refractivity contribution >= 4 is 40.7 Å². The van der Waals surface area contributed by atoms with Gasteiger partial charge in [-0.1, -0.05) is 74.0 Å². The standard InChI is InChI=1S/C34H39N3O5/c1-6-8-22-36(32(39)42-34(3,4)5)23-24-18-20-26(21-19-24)35-30(25-14-10-9-11-15-25)29-27-16-12-13-17-28(27)37(31(29)38)33(40)41-7-2/h9-21,35H,6-8,22-23H2,1-5H3/b30-29-. The molecule has 0 radical (unpaired) electrons. The summed E-state index contributed by atoms with van der Waals surface area (Å²) in [5.74, 6) is -0.457. The molecule has 3 aromatic carbocycles. The highest BCUT2D eigenvalue weighted by molar-refractivity contribution is 6.43. The van der Waals surface area contributed by atoms with Crippen LogP contribution >= 0.6 is 0 Å². The molecule has 3 aromatic rings. The van der Waals surface area contributed by atoms with Crippen molar-refractivity contribution in [3.05, 3.63) is 95.6 Å². The number of anilines is 2. The first-order valence-corrected chi connectivity index (χ1v) is 14.4. The highest BCUT2D eigenvalue weighted by Crippen LogP contribution is 2.41. The normalized spacial score (nSPS) is 13.8. The third-order valence-corrected chi connectivity index (χ3v) is 6.62. The van der Waals surface area contributed by atoms with Gasteiger partial charge in [0, 0.05) is 24.3 Å². The zero-order chi connectivity index (χ0) is 30.3. The summed E-state index contributed by atoms with van der Waals surface area (Å²) in [4.78, 5) is 42.3. The van der Waals surface area contributed by atoms with Crippen molar-refractivity contribution < 1.29 is 23.9 Å². The Kier molecular flexibility index (Phi) is 9.68. The maximum Gasteiger partial charge on any atom is 0.421 e. The fourth-order valence-electron chi connectivity index (χ4n) is 4.68. The van der Waals surface area contributed by atoms with Crippen LogP contribution < -0.4 is 10.2 Å². The summed E-state index contributed by atoms with van der Waals surface area (Å²) in [6.45, 7) is 10.6. The number of carbonyl (C=O) groups excluding carboxylic acids is 3. The van der Waals surface area contributed by atoms with E-state index in [9.17, 15) is 14.4 Å². The number of hydrogen-bond acceptors (Lipinski definition) is 6. The Labute approximate surface area is 247 Å². The van der Waals surface area contributed by atoms with Gasteiger partial charge in [-0.3, -0.25) is 4.79 Å². The summed E-state index contributed by atoms with van der Waals surface area (Å²) >= 11 is 0. The second-order valence-corrected chi connectivity index (χ2v) is 11.1. The Balaban J connectivity index is 1.67. The Morgan fingerprint density at radius 1 is 0.905 bits per heavy atom. The minimum atomic E-state index is -0.709. The predicted octanol–water partition coefficient (Wildman–Crippen LogP) is 7.71. The number of para-hydroxylation sites is 1.